The van der Waals surface area contributed by atoms with Gasteiger partial charge in [0.2, 0.25) is 0 Å². The lowest BCUT2D eigenvalue weighted by atomic mass is 10.1. The normalized spacial score (nSPS) is 12.1. The summed E-state index contributed by atoms with van der Waals surface area (Å²) in [4.78, 5) is 11.0. The highest BCUT2D eigenvalue weighted by atomic mass is 32.2. The predicted molar refractivity (Wildman–Crippen MR) is 75.2 cm³/mol. The van der Waals surface area contributed by atoms with E-state index in [0.29, 0.717) is 5.75 Å². The first-order valence-corrected chi connectivity index (χ1v) is 6.75. The molecule has 2 aromatic carbocycles. The van der Waals surface area contributed by atoms with Gasteiger partial charge in [0.1, 0.15) is 0 Å². The van der Waals surface area contributed by atoms with Crippen LogP contribution in [0.5, 0.6) is 0 Å². The topological polar surface area (TPSA) is 63.4 Å². The van der Waals surface area contributed by atoms with Gasteiger partial charge in [-0.25, -0.2) is 0 Å². The number of aliphatic hydroxyl groups excluding tert-OH is 1. The first-order chi connectivity index (χ1) is 9.16. The van der Waals surface area contributed by atoms with Gasteiger partial charge in [0, 0.05) is 22.8 Å². The summed E-state index contributed by atoms with van der Waals surface area (Å²) in [5.41, 5.74) is 0.949. The fraction of sp³-hybridized carbons (Fsp3) is 0.143. The van der Waals surface area contributed by atoms with Crippen molar-refractivity contribution in [3.8, 4) is 0 Å². The highest BCUT2D eigenvalue weighted by Gasteiger charge is 2.09. The summed E-state index contributed by atoms with van der Waals surface area (Å²) < 4.78 is 0. The number of nitro groups is 1. The summed E-state index contributed by atoms with van der Waals surface area (Å²) in [5.74, 6) is 0.516. The molecule has 0 aliphatic rings. The minimum Gasteiger partial charge on any atom is -0.388 e. The number of nitro benzene ring substituents is 1. The number of hydrogen-bond acceptors (Lipinski definition) is 4. The molecule has 5 heteroatoms. The number of benzene rings is 2. The Kier molecular flexibility index (Phi) is 4.54. The van der Waals surface area contributed by atoms with E-state index in [1.54, 1.807) is 12.1 Å². The maximum atomic E-state index is 10.5. The number of rotatable bonds is 5. The third-order valence-corrected chi connectivity index (χ3v) is 3.73. The average molecular weight is 275 g/mol. The van der Waals surface area contributed by atoms with Crippen LogP contribution in [-0.4, -0.2) is 15.8 Å². The van der Waals surface area contributed by atoms with Crippen LogP contribution in [0.4, 0.5) is 5.69 Å². The van der Waals surface area contributed by atoms with Gasteiger partial charge in [0.15, 0.2) is 0 Å². The lowest BCUT2D eigenvalue weighted by Gasteiger charge is -2.10. The largest absolute Gasteiger partial charge is 0.388 e. The molecule has 1 atom stereocenters. The van der Waals surface area contributed by atoms with Gasteiger partial charge >= 0.3 is 0 Å². The zero-order chi connectivity index (χ0) is 13.7. The highest BCUT2D eigenvalue weighted by Crippen LogP contribution is 2.26. The van der Waals surface area contributed by atoms with E-state index in [1.807, 2.05) is 30.3 Å². The van der Waals surface area contributed by atoms with Gasteiger partial charge in [-0.05, 0) is 17.7 Å². The van der Waals surface area contributed by atoms with Gasteiger partial charge in [-0.1, -0.05) is 30.3 Å². The molecule has 19 heavy (non-hydrogen) atoms. The first-order valence-electron chi connectivity index (χ1n) is 5.77. The Morgan fingerprint density at radius 2 is 1.74 bits per heavy atom. The number of non-ortho nitro benzene ring substituents is 1. The Morgan fingerprint density at radius 1 is 1.11 bits per heavy atom. The lowest BCUT2D eigenvalue weighted by Crippen LogP contribution is -1.99. The molecule has 2 rings (SSSR count). The summed E-state index contributed by atoms with van der Waals surface area (Å²) in [6.45, 7) is 0. The highest BCUT2D eigenvalue weighted by molar-refractivity contribution is 7.99. The van der Waals surface area contributed by atoms with Crippen LogP contribution < -0.4 is 0 Å². The molecule has 0 aromatic heterocycles. The van der Waals surface area contributed by atoms with E-state index in [2.05, 4.69) is 0 Å². The molecular formula is C14H13NO3S. The van der Waals surface area contributed by atoms with Gasteiger partial charge in [-0.3, -0.25) is 10.1 Å². The van der Waals surface area contributed by atoms with Gasteiger partial charge in [-0.2, -0.15) is 0 Å². The standard InChI is InChI=1S/C14H13NO3S/c16-14(11-4-2-1-3-5-11)10-19-13-8-6-12(7-9-13)15(17)18/h1-9,14,16H,10H2. The van der Waals surface area contributed by atoms with E-state index in [9.17, 15) is 15.2 Å². The monoisotopic (exact) mass is 275 g/mol. The molecular weight excluding hydrogens is 262 g/mol. The number of hydrogen-bond donors (Lipinski definition) is 1. The maximum absolute atomic E-state index is 10.5. The molecule has 98 valence electrons. The summed E-state index contributed by atoms with van der Waals surface area (Å²) in [5, 5.41) is 20.5. The number of thioether (sulfide) groups is 1. The molecule has 0 heterocycles. The Hall–Kier alpha value is -1.85. The van der Waals surface area contributed by atoms with Crippen LogP contribution in [0, 0.1) is 10.1 Å². The van der Waals surface area contributed by atoms with Crippen molar-refractivity contribution in [1.29, 1.82) is 0 Å². The van der Waals surface area contributed by atoms with E-state index in [1.165, 1.54) is 23.9 Å². The van der Waals surface area contributed by atoms with E-state index >= 15 is 0 Å². The Morgan fingerprint density at radius 3 is 2.32 bits per heavy atom. The Labute approximate surface area is 115 Å². The molecule has 2 aromatic rings. The smallest absolute Gasteiger partial charge is 0.269 e. The van der Waals surface area contributed by atoms with Crippen LogP contribution in [-0.2, 0) is 0 Å². The zero-order valence-corrected chi connectivity index (χ0v) is 10.9. The molecule has 0 saturated heterocycles. The molecule has 0 bridgehead atoms. The van der Waals surface area contributed by atoms with Crippen molar-refractivity contribution in [2.75, 3.05) is 5.75 Å². The van der Waals surface area contributed by atoms with Crippen molar-refractivity contribution in [3.05, 3.63) is 70.3 Å². The second-order valence-electron chi connectivity index (χ2n) is 3.99. The molecule has 0 aliphatic carbocycles. The van der Waals surface area contributed by atoms with Crippen molar-refractivity contribution < 1.29 is 10.0 Å². The first kappa shape index (κ1) is 13.6. The minimum atomic E-state index is -0.540. The average Bonchev–Trinajstić information content (AvgIpc) is 2.46. The maximum Gasteiger partial charge on any atom is 0.269 e. The molecule has 0 radical (unpaired) electrons. The van der Waals surface area contributed by atoms with E-state index in [-0.39, 0.29) is 5.69 Å². The quantitative estimate of drug-likeness (QED) is 0.516. The van der Waals surface area contributed by atoms with E-state index in [0.717, 1.165) is 10.5 Å². The van der Waals surface area contributed by atoms with Crippen LogP contribution in [0.25, 0.3) is 0 Å². The molecule has 4 nitrogen and oxygen atoms in total. The molecule has 0 amide bonds. The van der Waals surface area contributed by atoms with Crippen LogP contribution in [0.2, 0.25) is 0 Å². The fourth-order valence-electron chi connectivity index (χ4n) is 1.61. The second kappa shape index (κ2) is 6.36. The Balaban J connectivity index is 1.93. The van der Waals surface area contributed by atoms with Crippen molar-refractivity contribution in [2.24, 2.45) is 0 Å². The van der Waals surface area contributed by atoms with Gasteiger partial charge in [0.25, 0.3) is 5.69 Å². The second-order valence-corrected chi connectivity index (χ2v) is 5.08. The van der Waals surface area contributed by atoms with E-state index in [4.69, 9.17) is 0 Å². The van der Waals surface area contributed by atoms with Crippen LogP contribution in [0.3, 0.4) is 0 Å². The van der Waals surface area contributed by atoms with Crippen molar-refractivity contribution >= 4 is 17.4 Å². The molecule has 1 unspecified atom stereocenters. The van der Waals surface area contributed by atoms with Crippen molar-refractivity contribution in [3.63, 3.8) is 0 Å². The van der Waals surface area contributed by atoms with Gasteiger partial charge < -0.3 is 5.11 Å². The molecule has 0 fully saturated rings. The molecule has 0 saturated carbocycles. The number of aliphatic hydroxyl groups is 1. The van der Waals surface area contributed by atoms with E-state index < -0.39 is 11.0 Å². The molecule has 1 N–H and O–H groups in total. The summed E-state index contributed by atoms with van der Waals surface area (Å²) in [6, 6.07) is 15.8. The Bertz CT molecular complexity index is 542. The third-order valence-electron chi connectivity index (χ3n) is 2.64. The SMILES string of the molecule is O=[N+]([O-])c1ccc(SCC(O)c2ccccc2)cc1. The van der Waals surface area contributed by atoms with Gasteiger partial charge in [-0.15, -0.1) is 11.8 Å². The molecule has 0 aliphatic heterocycles. The molecule has 0 spiro atoms. The van der Waals surface area contributed by atoms with Crippen LogP contribution in [0.1, 0.15) is 11.7 Å². The third kappa shape index (κ3) is 3.81. The number of nitrogens with zero attached hydrogens (tertiary/aromatic N) is 1. The predicted octanol–water partition coefficient (Wildman–Crippen LogP) is 3.42. The lowest BCUT2D eigenvalue weighted by molar-refractivity contribution is -0.384. The van der Waals surface area contributed by atoms with Crippen LogP contribution in [0.15, 0.2) is 59.5 Å². The van der Waals surface area contributed by atoms with Crippen molar-refractivity contribution in [1.82, 2.24) is 0 Å². The zero-order valence-electron chi connectivity index (χ0n) is 10.1. The van der Waals surface area contributed by atoms with Crippen LogP contribution >= 0.6 is 11.8 Å². The summed E-state index contributed by atoms with van der Waals surface area (Å²) in [6.07, 6.45) is -0.540. The van der Waals surface area contributed by atoms with Gasteiger partial charge in [0.05, 0.1) is 11.0 Å². The summed E-state index contributed by atoms with van der Waals surface area (Å²) in [7, 11) is 0. The summed E-state index contributed by atoms with van der Waals surface area (Å²) >= 11 is 1.47. The fourth-order valence-corrected chi connectivity index (χ4v) is 2.48. The minimum absolute atomic E-state index is 0.0768. The van der Waals surface area contributed by atoms with Crippen molar-refractivity contribution in [2.45, 2.75) is 11.0 Å².